The van der Waals surface area contributed by atoms with Gasteiger partial charge in [-0.2, -0.15) is 0 Å². The maximum Gasteiger partial charge on any atom is 0.105 e. The van der Waals surface area contributed by atoms with Gasteiger partial charge >= 0.3 is 0 Å². The van der Waals surface area contributed by atoms with Crippen molar-refractivity contribution >= 4 is 0 Å². The molecule has 1 aromatic heterocycles. The zero-order valence-corrected chi connectivity index (χ0v) is 11.7. The summed E-state index contributed by atoms with van der Waals surface area (Å²) in [5.41, 5.74) is 2.87. The minimum atomic E-state index is 0.354. The fraction of sp³-hybridized carbons (Fsp3) is 0.625. The van der Waals surface area contributed by atoms with Crippen LogP contribution in [0.2, 0.25) is 0 Å². The quantitative estimate of drug-likeness (QED) is 0.791. The van der Waals surface area contributed by atoms with Gasteiger partial charge in [-0.3, -0.25) is 0 Å². The molecule has 1 aromatic rings. The first-order valence-electron chi connectivity index (χ1n) is 7.29. The van der Waals surface area contributed by atoms with Gasteiger partial charge in [0.1, 0.15) is 5.76 Å². The average molecular weight is 247 g/mol. The third-order valence-electron chi connectivity index (χ3n) is 3.82. The van der Waals surface area contributed by atoms with Crippen LogP contribution in [-0.2, 0) is 0 Å². The zero-order chi connectivity index (χ0) is 12.8. The molecule has 0 aliphatic heterocycles. The Morgan fingerprint density at radius 1 is 1.28 bits per heavy atom. The Morgan fingerprint density at radius 3 is 2.83 bits per heavy atom. The number of allylic oxidation sites excluding steroid dienone is 1. The molecule has 1 atom stereocenters. The predicted octanol–water partition coefficient (Wildman–Crippen LogP) is 4.52. The van der Waals surface area contributed by atoms with Crippen LogP contribution in [0.4, 0.5) is 0 Å². The number of aryl methyl sites for hydroxylation is 1. The Labute approximate surface area is 110 Å². The molecule has 0 fully saturated rings. The molecule has 0 saturated heterocycles. The van der Waals surface area contributed by atoms with Crippen LogP contribution in [-0.4, -0.2) is 6.54 Å². The third kappa shape index (κ3) is 3.26. The van der Waals surface area contributed by atoms with Gasteiger partial charge in [-0.1, -0.05) is 31.4 Å². The van der Waals surface area contributed by atoms with Gasteiger partial charge in [0.05, 0.1) is 12.3 Å². The predicted molar refractivity (Wildman–Crippen MR) is 75.6 cm³/mol. The van der Waals surface area contributed by atoms with Gasteiger partial charge in [-0.05, 0) is 45.2 Å². The van der Waals surface area contributed by atoms with E-state index in [1.807, 2.05) is 0 Å². The first-order valence-corrected chi connectivity index (χ1v) is 7.29. The summed E-state index contributed by atoms with van der Waals surface area (Å²) in [6.45, 7) is 5.22. The van der Waals surface area contributed by atoms with Crippen molar-refractivity contribution in [2.24, 2.45) is 0 Å². The lowest BCUT2D eigenvalue weighted by Crippen LogP contribution is -2.23. The topological polar surface area (TPSA) is 25.2 Å². The molecule has 1 aliphatic carbocycles. The zero-order valence-electron chi connectivity index (χ0n) is 11.7. The smallest absolute Gasteiger partial charge is 0.105 e. The summed E-state index contributed by atoms with van der Waals surface area (Å²) >= 11 is 0. The molecule has 0 amide bonds. The van der Waals surface area contributed by atoms with Crippen LogP contribution in [0.1, 0.15) is 62.8 Å². The summed E-state index contributed by atoms with van der Waals surface area (Å²) in [5, 5.41) is 3.62. The lowest BCUT2D eigenvalue weighted by molar-refractivity contribution is 0.510. The molecule has 1 aliphatic rings. The molecule has 2 nitrogen and oxygen atoms in total. The largest absolute Gasteiger partial charge is 0.469 e. The van der Waals surface area contributed by atoms with Crippen molar-refractivity contribution in [1.29, 1.82) is 0 Å². The van der Waals surface area contributed by atoms with E-state index in [0.717, 1.165) is 12.3 Å². The second-order valence-electron chi connectivity index (χ2n) is 5.15. The van der Waals surface area contributed by atoms with Crippen LogP contribution in [0.15, 0.2) is 28.4 Å². The Bertz CT molecular complexity index is 392. The highest BCUT2D eigenvalue weighted by atomic mass is 16.3. The summed E-state index contributed by atoms with van der Waals surface area (Å²) in [6, 6.07) is 2.47. The number of furan rings is 1. The van der Waals surface area contributed by atoms with Crippen molar-refractivity contribution in [3.63, 3.8) is 0 Å². The molecule has 1 N–H and O–H groups in total. The first kappa shape index (κ1) is 13.4. The van der Waals surface area contributed by atoms with E-state index in [1.54, 1.807) is 11.8 Å². The minimum Gasteiger partial charge on any atom is -0.469 e. The van der Waals surface area contributed by atoms with Crippen molar-refractivity contribution in [1.82, 2.24) is 5.32 Å². The monoisotopic (exact) mass is 247 g/mol. The number of hydrogen-bond donors (Lipinski definition) is 1. The maximum absolute atomic E-state index is 5.47. The van der Waals surface area contributed by atoms with E-state index in [0.29, 0.717) is 6.04 Å². The molecule has 0 bridgehead atoms. The number of rotatable bonds is 4. The van der Waals surface area contributed by atoms with Crippen LogP contribution in [0.25, 0.3) is 0 Å². The van der Waals surface area contributed by atoms with Crippen molar-refractivity contribution < 1.29 is 4.42 Å². The second-order valence-corrected chi connectivity index (χ2v) is 5.15. The minimum absolute atomic E-state index is 0.354. The van der Waals surface area contributed by atoms with E-state index in [2.05, 4.69) is 31.3 Å². The highest BCUT2D eigenvalue weighted by Gasteiger charge is 2.19. The van der Waals surface area contributed by atoms with Crippen LogP contribution in [0.5, 0.6) is 0 Å². The SMILES string of the molecule is CCNC(/C1=C/CCCCCC1)c1ccoc1C. The number of likely N-dealkylation sites (N-methyl/N-ethyl adjacent to an activating group) is 1. The number of hydrogen-bond acceptors (Lipinski definition) is 2. The van der Waals surface area contributed by atoms with Gasteiger partial charge in [0.15, 0.2) is 0 Å². The Morgan fingerprint density at radius 2 is 2.11 bits per heavy atom. The number of nitrogens with one attached hydrogen (secondary N) is 1. The van der Waals surface area contributed by atoms with Crippen molar-refractivity contribution in [3.8, 4) is 0 Å². The van der Waals surface area contributed by atoms with E-state index in [9.17, 15) is 0 Å². The van der Waals surface area contributed by atoms with E-state index >= 15 is 0 Å². The van der Waals surface area contributed by atoms with Gasteiger partial charge in [-0.25, -0.2) is 0 Å². The summed E-state index contributed by atoms with van der Waals surface area (Å²) in [4.78, 5) is 0. The van der Waals surface area contributed by atoms with E-state index in [-0.39, 0.29) is 0 Å². The van der Waals surface area contributed by atoms with Crippen LogP contribution in [0.3, 0.4) is 0 Å². The molecule has 1 unspecified atom stereocenters. The highest BCUT2D eigenvalue weighted by Crippen LogP contribution is 2.30. The average Bonchev–Trinajstić information content (AvgIpc) is 2.73. The molecule has 0 aromatic carbocycles. The molecule has 18 heavy (non-hydrogen) atoms. The fourth-order valence-electron chi connectivity index (χ4n) is 2.82. The Hall–Kier alpha value is -1.02. The summed E-state index contributed by atoms with van der Waals surface area (Å²) < 4.78 is 5.47. The van der Waals surface area contributed by atoms with E-state index in [1.165, 1.54) is 44.1 Å². The molecule has 0 saturated carbocycles. The Balaban J connectivity index is 2.20. The molecule has 0 spiro atoms. The molecule has 2 heteroatoms. The molecule has 2 rings (SSSR count). The van der Waals surface area contributed by atoms with Gasteiger partial charge in [-0.15, -0.1) is 0 Å². The first-order chi connectivity index (χ1) is 8.83. The van der Waals surface area contributed by atoms with Crippen molar-refractivity contribution in [2.45, 2.75) is 58.4 Å². The molecular weight excluding hydrogens is 222 g/mol. The molecule has 0 radical (unpaired) electrons. The van der Waals surface area contributed by atoms with Crippen LogP contribution < -0.4 is 5.32 Å². The van der Waals surface area contributed by atoms with Crippen LogP contribution >= 0.6 is 0 Å². The van der Waals surface area contributed by atoms with Gasteiger partial charge in [0.2, 0.25) is 0 Å². The summed E-state index contributed by atoms with van der Waals surface area (Å²) in [5.74, 6) is 1.05. The maximum atomic E-state index is 5.47. The standard InChI is InChI=1S/C16H25NO/c1-3-17-16(15-11-12-18-13(15)2)14-9-7-5-4-6-8-10-14/h9,11-12,16-17H,3-8,10H2,1-2H3/b14-9+. The summed E-state index contributed by atoms with van der Waals surface area (Å²) in [7, 11) is 0. The molecule has 1 heterocycles. The van der Waals surface area contributed by atoms with Gasteiger partial charge in [0.25, 0.3) is 0 Å². The van der Waals surface area contributed by atoms with Gasteiger partial charge < -0.3 is 9.73 Å². The normalized spacial score (nSPS) is 21.8. The molecule has 100 valence electrons. The summed E-state index contributed by atoms with van der Waals surface area (Å²) in [6.07, 6.45) is 12.1. The van der Waals surface area contributed by atoms with Crippen LogP contribution in [0, 0.1) is 6.92 Å². The lowest BCUT2D eigenvalue weighted by atomic mass is 9.91. The third-order valence-corrected chi connectivity index (χ3v) is 3.82. The second kappa shape index (κ2) is 6.79. The Kier molecular flexibility index (Phi) is 5.06. The highest BCUT2D eigenvalue weighted by molar-refractivity contribution is 5.30. The van der Waals surface area contributed by atoms with Crippen molar-refractivity contribution in [2.75, 3.05) is 6.54 Å². The van der Waals surface area contributed by atoms with E-state index in [4.69, 9.17) is 4.42 Å². The van der Waals surface area contributed by atoms with E-state index < -0.39 is 0 Å². The van der Waals surface area contributed by atoms with Crippen molar-refractivity contribution in [3.05, 3.63) is 35.3 Å². The van der Waals surface area contributed by atoms with Gasteiger partial charge in [0, 0.05) is 5.56 Å². The fourth-order valence-corrected chi connectivity index (χ4v) is 2.82. The lowest BCUT2D eigenvalue weighted by Gasteiger charge is -2.23. The molecular formula is C16H25NO.